The fraction of sp³-hybridized carbons (Fsp3) is 0.450. The summed E-state index contributed by atoms with van der Waals surface area (Å²) in [6.07, 6.45) is 6.85. The topological polar surface area (TPSA) is 99.9 Å². The molecule has 1 aliphatic carbocycles. The number of carbonyl (C=O) groups excluding carboxylic acids is 2. The highest BCUT2D eigenvalue weighted by Crippen LogP contribution is 2.32. The molecule has 0 radical (unpaired) electrons. The number of benzene rings is 1. The summed E-state index contributed by atoms with van der Waals surface area (Å²) in [5, 5.41) is 19.1. The summed E-state index contributed by atoms with van der Waals surface area (Å²) in [4.78, 5) is 25.6. The second-order valence-electron chi connectivity index (χ2n) is 6.53. The SMILES string of the molecule is COc1cc(/C=C/C(=O)OCC(=O)N(C)C2(C#N)CCCCC2)ccc1O. The lowest BCUT2D eigenvalue weighted by molar-refractivity contribution is -0.150. The van der Waals surface area contributed by atoms with Crippen LogP contribution < -0.4 is 4.74 Å². The first-order valence-electron chi connectivity index (χ1n) is 8.81. The van der Waals surface area contributed by atoms with Crippen molar-refractivity contribution in [1.82, 2.24) is 4.90 Å². The van der Waals surface area contributed by atoms with E-state index in [-0.39, 0.29) is 11.5 Å². The number of hydrogen-bond acceptors (Lipinski definition) is 6. The van der Waals surface area contributed by atoms with Crippen molar-refractivity contribution in [1.29, 1.82) is 5.26 Å². The normalized spacial score (nSPS) is 15.7. The van der Waals surface area contributed by atoms with E-state index >= 15 is 0 Å². The second-order valence-corrected chi connectivity index (χ2v) is 6.53. The van der Waals surface area contributed by atoms with Gasteiger partial charge < -0.3 is 19.5 Å². The number of amides is 1. The van der Waals surface area contributed by atoms with Crippen LogP contribution in [0.15, 0.2) is 24.3 Å². The predicted molar refractivity (Wildman–Crippen MR) is 98.9 cm³/mol. The van der Waals surface area contributed by atoms with E-state index in [0.29, 0.717) is 18.4 Å². The molecule has 1 aliphatic rings. The summed E-state index contributed by atoms with van der Waals surface area (Å²) in [7, 11) is 3.02. The third-order valence-electron chi connectivity index (χ3n) is 4.86. The third-order valence-corrected chi connectivity index (χ3v) is 4.86. The molecule has 0 unspecified atom stereocenters. The average Bonchev–Trinajstić information content (AvgIpc) is 2.71. The molecule has 0 saturated heterocycles. The molecule has 0 spiro atoms. The summed E-state index contributed by atoms with van der Waals surface area (Å²) < 4.78 is 10.00. The lowest BCUT2D eigenvalue weighted by Gasteiger charge is -2.38. The Bertz CT molecular complexity index is 760. The molecule has 1 fully saturated rings. The Morgan fingerprint density at radius 1 is 1.33 bits per heavy atom. The van der Waals surface area contributed by atoms with Gasteiger partial charge in [0.25, 0.3) is 5.91 Å². The van der Waals surface area contributed by atoms with Crippen molar-refractivity contribution in [3.63, 3.8) is 0 Å². The van der Waals surface area contributed by atoms with E-state index in [4.69, 9.17) is 9.47 Å². The lowest BCUT2D eigenvalue weighted by Crippen LogP contribution is -2.51. The number of hydrogen-bond donors (Lipinski definition) is 1. The molecule has 0 atom stereocenters. The Balaban J connectivity index is 1.91. The van der Waals surface area contributed by atoms with E-state index in [1.807, 2.05) is 0 Å². The van der Waals surface area contributed by atoms with Crippen molar-refractivity contribution in [3.05, 3.63) is 29.8 Å². The average molecular weight is 372 g/mol. The first kappa shape index (κ1) is 20.3. The Labute approximate surface area is 158 Å². The van der Waals surface area contributed by atoms with Crippen LogP contribution in [-0.2, 0) is 14.3 Å². The van der Waals surface area contributed by atoms with Crippen molar-refractivity contribution >= 4 is 18.0 Å². The number of nitriles is 1. The van der Waals surface area contributed by atoms with Crippen LogP contribution in [0, 0.1) is 11.3 Å². The van der Waals surface area contributed by atoms with Gasteiger partial charge in [0.15, 0.2) is 18.1 Å². The van der Waals surface area contributed by atoms with Crippen LogP contribution in [0.5, 0.6) is 11.5 Å². The molecule has 7 nitrogen and oxygen atoms in total. The fourth-order valence-electron chi connectivity index (χ4n) is 3.14. The van der Waals surface area contributed by atoms with Gasteiger partial charge in [0.05, 0.1) is 13.2 Å². The van der Waals surface area contributed by atoms with Gasteiger partial charge in [-0.05, 0) is 36.6 Å². The molecule has 27 heavy (non-hydrogen) atoms. The minimum Gasteiger partial charge on any atom is -0.504 e. The van der Waals surface area contributed by atoms with E-state index in [2.05, 4.69) is 6.07 Å². The van der Waals surface area contributed by atoms with Gasteiger partial charge in [-0.2, -0.15) is 5.26 Å². The summed E-state index contributed by atoms with van der Waals surface area (Å²) in [5.41, 5.74) is -0.170. The first-order valence-corrected chi connectivity index (χ1v) is 8.81. The molecule has 1 aromatic rings. The third kappa shape index (κ3) is 5.00. The van der Waals surface area contributed by atoms with E-state index in [9.17, 15) is 20.0 Å². The molecule has 1 N–H and O–H groups in total. The van der Waals surface area contributed by atoms with Gasteiger partial charge in [0.2, 0.25) is 0 Å². The fourth-order valence-corrected chi connectivity index (χ4v) is 3.14. The van der Waals surface area contributed by atoms with Crippen molar-refractivity contribution < 1.29 is 24.2 Å². The molecule has 1 saturated carbocycles. The molecular formula is C20H24N2O5. The van der Waals surface area contributed by atoms with Crippen molar-refractivity contribution in [2.75, 3.05) is 20.8 Å². The summed E-state index contributed by atoms with van der Waals surface area (Å²) in [5.74, 6) is -0.776. The number of nitrogens with zero attached hydrogens (tertiary/aromatic N) is 2. The molecule has 144 valence electrons. The molecule has 0 aliphatic heterocycles. The summed E-state index contributed by atoms with van der Waals surface area (Å²) in [6, 6.07) is 6.90. The van der Waals surface area contributed by atoms with Crippen molar-refractivity contribution in [2.24, 2.45) is 0 Å². The highest BCUT2D eigenvalue weighted by molar-refractivity contribution is 5.89. The van der Waals surface area contributed by atoms with Gasteiger partial charge >= 0.3 is 5.97 Å². The minimum atomic E-state index is -0.805. The second kappa shape index (κ2) is 9.08. The Kier molecular flexibility index (Phi) is 6.83. The molecule has 2 rings (SSSR count). The number of phenols is 1. The Morgan fingerprint density at radius 2 is 2.04 bits per heavy atom. The van der Waals surface area contributed by atoms with Crippen LogP contribution in [-0.4, -0.2) is 48.2 Å². The maximum atomic E-state index is 12.3. The monoisotopic (exact) mass is 372 g/mol. The zero-order valence-corrected chi connectivity index (χ0v) is 15.6. The maximum absolute atomic E-state index is 12.3. The number of phenolic OH excluding ortho intramolecular Hbond substituents is 1. The number of rotatable bonds is 6. The standard InChI is InChI=1S/C20H24N2O5/c1-22(20(14-21)10-4-3-5-11-20)18(24)13-27-19(25)9-7-15-6-8-16(23)17(12-15)26-2/h6-9,12,23H,3-5,10-11,13H2,1-2H3/b9-7+. The molecule has 0 aromatic heterocycles. The van der Waals surface area contributed by atoms with E-state index in [1.54, 1.807) is 19.2 Å². The zero-order chi connectivity index (χ0) is 19.9. The molecule has 0 heterocycles. The van der Waals surface area contributed by atoms with Gasteiger partial charge in [-0.25, -0.2) is 4.79 Å². The Morgan fingerprint density at radius 3 is 2.67 bits per heavy atom. The number of methoxy groups -OCH3 is 1. The van der Waals surface area contributed by atoms with Gasteiger partial charge in [0, 0.05) is 13.1 Å². The molecule has 1 aromatic carbocycles. The molecular weight excluding hydrogens is 348 g/mol. The van der Waals surface area contributed by atoms with E-state index in [0.717, 1.165) is 19.3 Å². The first-order chi connectivity index (χ1) is 12.9. The molecule has 7 heteroatoms. The Hall–Kier alpha value is -3.01. The number of carbonyl (C=O) groups is 2. The number of likely N-dealkylation sites (N-methyl/N-ethyl adjacent to an activating group) is 1. The highest BCUT2D eigenvalue weighted by Gasteiger charge is 2.38. The van der Waals surface area contributed by atoms with Gasteiger partial charge in [0.1, 0.15) is 5.54 Å². The van der Waals surface area contributed by atoms with Gasteiger partial charge in [-0.15, -0.1) is 0 Å². The van der Waals surface area contributed by atoms with Crippen LogP contribution in [0.3, 0.4) is 0 Å². The van der Waals surface area contributed by atoms with Crippen LogP contribution in [0.1, 0.15) is 37.7 Å². The van der Waals surface area contributed by atoms with Crippen LogP contribution in [0.2, 0.25) is 0 Å². The van der Waals surface area contributed by atoms with Gasteiger partial charge in [-0.3, -0.25) is 4.79 Å². The number of ether oxygens (including phenoxy) is 2. The zero-order valence-electron chi connectivity index (χ0n) is 15.6. The quantitative estimate of drug-likeness (QED) is 0.609. The summed E-state index contributed by atoms with van der Waals surface area (Å²) in [6.45, 7) is -0.415. The molecule has 1 amide bonds. The molecule has 0 bridgehead atoms. The van der Waals surface area contributed by atoms with E-state index in [1.165, 1.54) is 30.2 Å². The number of esters is 1. The smallest absolute Gasteiger partial charge is 0.331 e. The summed E-state index contributed by atoms with van der Waals surface area (Å²) >= 11 is 0. The van der Waals surface area contributed by atoms with Crippen LogP contribution in [0.4, 0.5) is 0 Å². The van der Waals surface area contributed by atoms with Crippen molar-refractivity contribution in [2.45, 2.75) is 37.6 Å². The largest absolute Gasteiger partial charge is 0.504 e. The van der Waals surface area contributed by atoms with Crippen molar-refractivity contribution in [3.8, 4) is 17.6 Å². The van der Waals surface area contributed by atoms with E-state index < -0.39 is 24.0 Å². The van der Waals surface area contributed by atoms with Crippen LogP contribution in [0.25, 0.3) is 6.08 Å². The highest BCUT2D eigenvalue weighted by atomic mass is 16.5. The maximum Gasteiger partial charge on any atom is 0.331 e. The minimum absolute atomic E-state index is 0.00000451. The lowest BCUT2D eigenvalue weighted by atomic mass is 9.81. The van der Waals surface area contributed by atoms with Gasteiger partial charge in [-0.1, -0.05) is 25.3 Å². The number of aromatic hydroxyl groups is 1. The predicted octanol–water partition coefficient (Wildman–Crippen LogP) is 2.64. The van der Waals surface area contributed by atoms with Crippen LogP contribution >= 0.6 is 0 Å².